The molecule has 0 atom stereocenters. The second-order valence-electron chi connectivity index (χ2n) is 3.67. The van der Waals surface area contributed by atoms with E-state index in [2.05, 4.69) is 5.92 Å². The summed E-state index contributed by atoms with van der Waals surface area (Å²) in [7, 11) is 0. The van der Waals surface area contributed by atoms with Crippen LogP contribution in [0.3, 0.4) is 0 Å². The predicted octanol–water partition coefficient (Wildman–Crippen LogP) is 3.60. The second kappa shape index (κ2) is 9.38. The lowest BCUT2D eigenvalue weighted by Crippen LogP contribution is -2.18. The first-order valence-electron chi connectivity index (χ1n) is 6.19. The van der Waals surface area contributed by atoms with Crippen molar-refractivity contribution in [2.24, 2.45) is 0 Å². The fourth-order valence-electron chi connectivity index (χ4n) is 1.26. The average Bonchev–Trinajstić information content (AvgIpc) is 2.27. The van der Waals surface area contributed by atoms with Crippen LogP contribution in [0.4, 0.5) is 8.78 Å². The van der Waals surface area contributed by atoms with Crippen LogP contribution in [0.2, 0.25) is 0 Å². The van der Waals surface area contributed by atoms with Gasteiger partial charge in [-0.1, -0.05) is 19.8 Å². The standard InChI is InChI=1S/C13H22F2O2/c1-4-7-8-10-13(14,15)11-9-12(16-5-2)17-6-3/h12H,4-8,10H2,1-3H3. The summed E-state index contributed by atoms with van der Waals surface area (Å²) < 4.78 is 36.8. The molecule has 0 aliphatic heterocycles. The van der Waals surface area contributed by atoms with Gasteiger partial charge in [-0.3, -0.25) is 0 Å². The third-order valence-electron chi connectivity index (χ3n) is 2.10. The molecule has 0 aromatic carbocycles. The molecule has 0 radical (unpaired) electrons. The van der Waals surface area contributed by atoms with Crippen LogP contribution in [-0.2, 0) is 9.47 Å². The average molecular weight is 248 g/mol. The summed E-state index contributed by atoms with van der Waals surface area (Å²) in [6, 6.07) is 0. The Morgan fingerprint density at radius 1 is 1.06 bits per heavy atom. The molecule has 0 amide bonds. The highest BCUT2D eigenvalue weighted by atomic mass is 19.3. The Kier molecular flexibility index (Phi) is 9.01. The van der Waals surface area contributed by atoms with Crippen molar-refractivity contribution in [2.75, 3.05) is 13.2 Å². The summed E-state index contributed by atoms with van der Waals surface area (Å²) in [5, 5.41) is 0. The van der Waals surface area contributed by atoms with E-state index in [0.29, 0.717) is 19.6 Å². The molecule has 0 unspecified atom stereocenters. The maximum absolute atomic E-state index is 13.3. The van der Waals surface area contributed by atoms with Gasteiger partial charge in [0.1, 0.15) is 0 Å². The number of hydrogen-bond donors (Lipinski definition) is 0. The van der Waals surface area contributed by atoms with Gasteiger partial charge < -0.3 is 9.47 Å². The fourth-order valence-corrected chi connectivity index (χ4v) is 1.26. The molecule has 0 heterocycles. The van der Waals surface area contributed by atoms with Gasteiger partial charge in [-0.15, -0.1) is 0 Å². The molecular weight excluding hydrogens is 226 g/mol. The molecule has 0 saturated carbocycles. The molecule has 100 valence electrons. The molecule has 0 spiro atoms. The summed E-state index contributed by atoms with van der Waals surface area (Å²) in [5.74, 6) is 1.36. The van der Waals surface area contributed by atoms with E-state index in [1.165, 1.54) is 0 Å². The monoisotopic (exact) mass is 248 g/mol. The topological polar surface area (TPSA) is 18.5 Å². The normalized spacial score (nSPS) is 11.4. The lowest BCUT2D eigenvalue weighted by Gasteiger charge is -2.12. The van der Waals surface area contributed by atoms with Crippen LogP contribution in [0.5, 0.6) is 0 Å². The number of halogens is 2. The van der Waals surface area contributed by atoms with Crippen molar-refractivity contribution in [3.8, 4) is 11.8 Å². The summed E-state index contributed by atoms with van der Waals surface area (Å²) in [4.78, 5) is 0. The molecule has 0 aromatic rings. The van der Waals surface area contributed by atoms with Crippen molar-refractivity contribution in [3.63, 3.8) is 0 Å². The lowest BCUT2D eigenvalue weighted by molar-refractivity contribution is -0.0975. The molecule has 0 aliphatic rings. The summed E-state index contributed by atoms with van der Waals surface area (Å²) >= 11 is 0. The van der Waals surface area contributed by atoms with Crippen LogP contribution in [0, 0.1) is 11.8 Å². The van der Waals surface area contributed by atoms with Gasteiger partial charge in [-0.25, -0.2) is 0 Å². The minimum atomic E-state index is -2.94. The Morgan fingerprint density at radius 3 is 2.12 bits per heavy atom. The van der Waals surface area contributed by atoms with E-state index in [4.69, 9.17) is 9.47 Å². The molecule has 2 nitrogen and oxygen atoms in total. The van der Waals surface area contributed by atoms with E-state index in [0.717, 1.165) is 12.8 Å². The number of ether oxygens (including phenoxy) is 2. The van der Waals surface area contributed by atoms with E-state index in [-0.39, 0.29) is 6.42 Å². The highest BCUT2D eigenvalue weighted by molar-refractivity contribution is 5.11. The lowest BCUT2D eigenvalue weighted by atomic mass is 10.1. The van der Waals surface area contributed by atoms with E-state index >= 15 is 0 Å². The molecule has 0 saturated heterocycles. The molecule has 0 aliphatic carbocycles. The van der Waals surface area contributed by atoms with Crippen LogP contribution >= 0.6 is 0 Å². The first-order chi connectivity index (χ1) is 8.05. The zero-order chi connectivity index (χ0) is 13.1. The van der Waals surface area contributed by atoms with Crippen LogP contribution in [-0.4, -0.2) is 25.4 Å². The van der Waals surface area contributed by atoms with Crippen LogP contribution < -0.4 is 0 Å². The maximum atomic E-state index is 13.3. The zero-order valence-corrected chi connectivity index (χ0v) is 10.9. The largest absolute Gasteiger partial charge is 0.342 e. The van der Waals surface area contributed by atoms with Gasteiger partial charge in [-0.2, -0.15) is 8.78 Å². The van der Waals surface area contributed by atoms with Gasteiger partial charge in [0.25, 0.3) is 0 Å². The van der Waals surface area contributed by atoms with Gasteiger partial charge in [0.2, 0.25) is 6.29 Å². The summed E-state index contributed by atoms with van der Waals surface area (Å²) in [6.07, 6.45) is 1.18. The van der Waals surface area contributed by atoms with Crippen LogP contribution in [0.25, 0.3) is 0 Å². The predicted molar refractivity (Wildman–Crippen MR) is 63.9 cm³/mol. The third-order valence-corrected chi connectivity index (χ3v) is 2.10. The van der Waals surface area contributed by atoms with E-state index in [1.807, 2.05) is 12.8 Å². The smallest absolute Gasteiger partial charge is 0.308 e. The van der Waals surface area contributed by atoms with Crippen molar-refractivity contribution in [2.45, 2.75) is 58.7 Å². The summed E-state index contributed by atoms with van der Waals surface area (Å²) in [5.41, 5.74) is 0. The molecule has 0 aromatic heterocycles. The van der Waals surface area contributed by atoms with Crippen molar-refractivity contribution >= 4 is 0 Å². The molecule has 0 fully saturated rings. The molecule has 0 rings (SSSR count). The number of hydrogen-bond acceptors (Lipinski definition) is 2. The first-order valence-corrected chi connectivity index (χ1v) is 6.19. The Balaban J connectivity index is 4.23. The summed E-state index contributed by atoms with van der Waals surface area (Å²) in [6.45, 7) is 6.30. The van der Waals surface area contributed by atoms with E-state index < -0.39 is 12.2 Å². The van der Waals surface area contributed by atoms with Crippen molar-refractivity contribution in [1.29, 1.82) is 0 Å². The quantitative estimate of drug-likeness (QED) is 0.371. The molecule has 0 bridgehead atoms. The maximum Gasteiger partial charge on any atom is 0.308 e. The molecular formula is C13H22F2O2. The van der Waals surface area contributed by atoms with E-state index in [9.17, 15) is 8.78 Å². The van der Waals surface area contributed by atoms with E-state index in [1.54, 1.807) is 13.8 Å². The van der Waals surface area contributed by atoms with Crippen LogP contribution in [0.1, 0.15) is 46.5 Å². The number of alkyl halides is 2. The Morgan fingerprint density at radius 2 is 1.65 bits per heavy atom. The van der Waals surface area contributed by atoms with Crippen molar-refractivity contribution in [1.82, 2.24) is 0 Å². The van der Waals surface area contributed by atoms with Gasteiger partial charge in [-0.05, 0) is 32.1 Å². The minimum absolute atomic E-state index is 0.196. The Labute approximate surface area is 103 Å². The molecule has 17 heavy (non-hydrogen) atoms. The van der Waals surface area contributed by atoms with Gasteiger partial charge in [0.15, 0.2) is 0 Å². The van der Waals surface area contributed by atoms with Gasteiger partial charge >= 0.3 is 5.92 Å². The fraction of sp³-hybridized carbons (Fsp3) is 0.846. The molecule has 4 heteroatoms. The van der Waals surface area contributed by atoms with Crippen molar-refractivity contribution in [3.05, 3.63) is 0 Å². The number of unbranched alkanes of at least 4 members (excludes halogenated alkanes) is 2. The second-order valence-corrected chi connectivity index (χ2v) is 3.67. The third kappa shape index (κ3) is 9.08. The Bertz CT molecular complexity index is 238. The van der Waals surface area contributed by atoms with Crippen LogP contribution in [0.15, 0.2) is 0 Å². The van der Waals surface area contributed by atoms with Gasteiger partial charge in [0.05, 0.1) is 0 Å². The minimum Gasteiger partial charge on any atom is -0.342 e. The van der Waals surface area contributed by atoms with Gasteiger partial charge in [0, 0.05) is 19.6 Å². The SMILES string of the molecule is CCCCCC(F)(F)C#CC(OCC)OCC. The Hall–Kier alpha value is -0.660. The van der Waals surface area contributed by atoms with Crippen molar-refractivity contribution < 1.29 is 18.3 Å². The zero-order valence-electron chi connectivity index (χ0n) is 10.9. The highest BCUT2D eigenvalue weighted by Gasteiger charge is 2.25. The number of rotatable bonds is 8. The first kappa shape index (κ1) is 16.3. The molecule has 0 N–H and O–H groups in total. The highest BCUT2D eigenvalue weighted by Crippen LogP contribution is 2.20.